The zero-order valence-corrected chi connectivity index (χ0v) is 16.1. The second kappa shape index (κ2) is 16.4. The Hall–Kier alpha value is -1.06. The Morgan fingerprint density at radius 2 is 0.680 bits per heavy atom. The topological polar surface area (TPSA) is 52.6 Å². The normalized spacial score (nSPS) is 22.6. The van der Waals surface area contributed by atoms with Crippen molar-refractivity contribution in [2.75, 3.05) is 13.2 Å². The fourth-order valence-corrected chi connectivity index (χ4v) is 3.20. The Labute approximate surface area is 154 Å². The summed E-state index contributed by atoms with van der Waals surface area (Å²) in [5.41, 5.74) is 0. The second-order valence-corrected chi connectivity index (χ2v) is 7.24. The predicted octanol–water partition coefficient (Wildman–Crippen LogP) is 5.72. The van der Waals surface area contributed by atoms with Gasteiger partial charge in [0.2, 0.25) is 0 Å². The summed E-state index contributed by atoms with van der Waals surface area (Å²) < 4.78 is 10.6. The molecule has 0 unspecified atom stereocenters. The van der Waals surface area contributed by atoms with Crippen molar-refractivity contribution in [2.45, 2.75) is 109 Å². The van der Waals surface area contributed by atoms with E-state index in [4.69, 9.17) is 9.47 Å². The smallest absolute Gasteiger partial charge is 0.305 e. The summed E-state index contributed by atoms with van der Waals surface area (Å²) in [4.78, 5) is 23.3. The zero-order chi connectivity index (χ0) is 18.0. The van der Waals surface area contributed by atoms with E-state index in [0.29, 0.717) is 26.1 Å². The molecule has 0 bridgehead atoms. The number of carbonyl (C=O) groups excluding carboxylic acids is 2. The molecule has 0 atom stereocenters. The van der Waals surface area contributed by atoms with Crippen LogP contribution >= 0.6 is 0 Å². The Bertz CT molecular complexity index is 309. The van der Waals surface area contributed by atoms with Crippen LogP contribution in [0.3, 0.4) is 0 Å². The molecule has 0 saturated carbocycles. The third kappa shape index (κ3) is 14.9. The average molecular weight is 355 g/mol. The molecule has 0 aromatic rings. The molecule has 1 fully saturated rings. The molecule has 4 heteroatoms. The monoisotopic (exact) mass is 354 g/mol. The summed E-state index contributed by atoms with van der Waals surface area (Å²) in [6.07, 6.45) is 17.9. The summed E-state index contributed by atoms with van der Waals surface area (Å²) in [6, 6.07) is 0. The third-order valence-electron chi connectivity index (χ3n) is 4.83. The summed E-state index contributed by atoms with van der Waals surface area (Å²) in [5.74, 6) is -0.0499. The van der Waals surface area contributed by atoms with Crippen LogP contribution in [0.25, 0.3) is 0 Å². The molecule has 1 aliphatic rings. The third-order valence-corrected chi connectivity index (χ3v) is 4.83. The first-order valence-corrected chi connectivity index (χ1v) is 10.6. The van der Waals surface area contributed by atoms with Gasteiger partial charge in [0.05, 0.1) is 13.2 Å². The van der Waals surface area contributed by atoms with Crippen molar-refractivity contribution >= 4 is 11.9 Å². The van der Waals surface area contributed by atoms with E-state index < -0.39 is 0 Å². The number of cyclic esters (lactones) is 2. The van der Waals surface area contributed by atoms with E-state index in [1.165, 1.54) is 44.9 Å². The fraction of sp³-hybridized carbons (Fsp3) is 0.905. The quantitative estimate of drug-likeness (QED) is 0.522. The SMILES string of the molecule is O=C1CCCCCCCCCCC(=O)OCCCCCCCCCO1. The molecule has 1 heterocycles. The molecule has 0 aromatic heterocycles. The maximum absolute atomic E-state index is 11.6. The van der Waals surface area contributed by atoms with Crippen molar-refractivity contribution in [1.29, 1.82) is 0 Å². The molecule has 0 radical (unpaired) electrons. The van der Waals surface area contributed by atoms with Crippen LogP contribution in [0.1, 0.15) is 109 Å². The van der Waals surface area contributed by atoms with Crippen LogP contribution in [-0.4, -0.2) is 25.2 Å². The number of rotatable bonds is 0. The molecule has 146 valence electrons. The van der Waals surface area contributed by atoms with E-state index in [-0.39, 0.29) is 11.9 Å². The van der Waals surface area contributed by atoms with Crippen LogP contribution in [0.15, 0.2) is 0 Å². The van der Waals surface area contributed by atoms with Crippen molar-refractivity contribution in [1.82, 2.24) is 0 Å². The van der Waals surface area contributed by atoms with E-state index in [1.54, 1.807) is 0 Å². The Morgan fingerprint density at radius 3 is 1.04 bits per heavy atom. The number of hydrogen-bond acceptors (Lipinski definition) is 4. The molecule has 0 aromatic carbocycles. The van der Waals surface area contributed by atoms with E-state index in [0.717, 1.165) is 51.4 Å². The minimum Gasteiger partial charge on any atom is -0.466 e. The highest BCUT2D eigenvalue weighted by Gasteiger charge is 2.04. The van der Waals surface area contributed by atoms with E-state index in [1.807, 2.05) is 0 Å². The number of esters is 2. The molecular formula is C21H38O4. The molecule has 1 rings (SSSR count). The summed E-state index contributed by atoms with van der Waals surface area (Å²) in [6.45, 7) is 1.16. The molecular weight excluding hydrogens is 316 g/mol. The lowest BCUT2D eigenvalue weighted by Crippen LogP contribution is -2.05. The van der Waals surface area contributed by atoms with Crippen LogP contribution in [-0.2, 0) is 19.1 Å². The maximum atomic E-state index is 11.6. The van der Waals surface area contributed by atoms with Gasteiger partial charge in [-0.3, -0.25) is 9.59 Å². The molecule has 0 aliphatic carbocycles. The van der Waals surface area contributed by atoms with Crippen molar-refractivity contribution in [3.05, 3.63) is 0 Å². The van der Waals surface area contributed by atoms with Crippen molar-refractivity contribution in [3.8, 4) is 0 Å². The minimum absolute atomic E-state index is 0.0249. The first-order valence-electron chi connectivity index (χ1n) is 10.6. The van der Waals surface area contributed by atoms with Crippen LogP contribution in [0.5, 0.6) is 0 Å². The second-order valence-electron chi connectivity index (χ2n) is 7.24. The average Bonchev–Trinajstić information content (AvgIpc) is 2.60. The Balaban J connectivity index is 2.16. The molecule has 0 amide bonds. The molecule has 1 aliphatic heterocycles. The van der Waals surface area contributed by atoms with E-state index in [9.17, 15) is 9.59 Å². The van der Waals surface area contributed by atoms with Crippen molar-refractivity contribution < 1.29 is 19.1 Å². The van der Waals surface area contributed by atoms with Gasteiger partial charge in [-0.2, -0.15) is 0 Å². The van der Waals surface area contributed by atoms with E-state index >= 15 is 0 Å². The number of carbonyl (C=O) groups is 2. The van der Waals surface area contributed by atoms with Gasteiger partial charge in [0.15, 0.2) is 0 Å². The van der Waals surface area contributed by atoms with Gasteiger partial charge in [-0.25, -0.2) is 0 Å². The first kappa shape index (κ1) is 22.0. The van der Waals surface area contributed by atoms with Gasteiger partial charge in [0, 0.05) is 12.8 Å². The van der Waals surface area contributed by atoms with Gasteiger partial charge >= 0.3 is 11.9 Å². The van der Waals surface area contributed by atoms with Crippen LogP contribution in [0.2, 0.25) is 0 Å². The lowest BCUT2D eigenvalue weighted by atomic mass is 10.1. The van der Waals surface area contributed by atoms with Crippen LogP contribution in [0.4, 0.5) is 0 Å². The first-order chi connectivity index (χ1) is 12.3. The lowest BCUT2D eigenvalue weighted by Gasteiger charge is -2.05. The van der Waals surface area contributed by atoms with Crippen molar-refractivity contribution in [2.24, 2.45) is 0 Å². The van der Waals surface area contributed by atoms with Crippen molar-refractivity contribution in [3.63, 3.8) is 0 Å². The summed E-state index contributed by atoms with van der Waals surface area (Å²) in [5, 5.41) is 0. The molecule has 4 nitrogen and oxygen atoms in total. The Kier molecular flexibility index (Phi) is 14.4. The van der Waals surface area contributed by atoms with Crippen LogP contribution < -0.4 is 0 Å². The number of hydrogen-bond donors (Lipinski definition) is 0. The van der Waals surface area contributed by atoms with Gasteiger partial charge in [-0.1, -0.05) is 70.6 Å². The van der Waals surface area contributed by atoms with Gasteiger partial charge in [0.1, 0.15) is 0 Å². The van der Waals surface area contributed by atoms with Gasteiger partial charge in [-0.05, 0) is 25.7 Å². The maximum Gasteiger partial charge on any atom is 0.305 e. The highest BCUT2D eigenvalue weighted by molar-refractivity contribution is 5.69. The van der Waals surface area contributed by atoms with Crippen LogP contribution in [0, 0.1) is 0 Å². The predicted molar refractivity (Wildman–Crippen MR) is 100 cm³/mol. The van der Waals surface area contributed by atoms with Gasteiger partial charge in [-0.15, -0.1) is 0 Å². The standard InChI is InChI=1S/C21H38O4/c22-20-16-12-8-4-1-2-5-9-13-17-21(23)25-19-15-11-7-3-6-10-14-18-24-20/h1-19H2. The van der Waals surface area contributed by atoms with E-state index in [2.05, 4.69) is 0 Å². The lowest BCUT2D eigenvalue weighted by molar-refractivity contribution is -0.144. The highest BCUT2D eigenvalue weighted by atomic mass is 16.5. The summed E-state index contributed by atoms with van der Waals surface area (Å²) >= 11 is 0. The highest BCUT2D eigenvalue weighted by Crippen LogP contribution is 2.12. The number of ether oxygens (including phenoxy) is 2. The molecule has 0 spiro atoms. The molecule has 25 heavy (non-hydrogen) atoms. The molecule has 0 N–H and O–H groups in total. The Morgan fingerprint density at radius 1 is 0.400 bits per heavy atom. The van der Waals surface area contributed by atoms with Gasteiger partial charge < -0.3 is 9.47 Å². The summed E-state index contributed by atoms with van der Waals surface area (Å²) in [7, 11) is 0. The minimum atomic E-state index is -0.0249. The fourth-order valence-electron chi connectivity index (χ4n) is 3.20. The zero-order valence-electron chi connectivity index (χ0n) is 16.1. The largest absolute Gasteiger partial charge is 0.466 e. The van der Waals surface area contributed by atoms with Gasteiger partial charge in [0.25, 0.3) is 0 Å². The molecule has 1 saturated heterocycles.